The van der Waals surface area contributed by atoms with Crippen LogP contribution in [0.2, 0.25) is 0 Å². The third-order valence-corrected chi connectivity index (χ3v) is 9.76. The molecule has 0 saturated carbocycles. The summed E-state index contributed by atoms with van der Waals surface area (Å²) in [7, 11) is 0. The normalized spacial score (nSPS) is 18.9. The van der Waals surface area contributed by atoms with E-state index in [2.05, 4.69) is 106 Å². The van der Waals surface area contributed by atoms with E-state index in [0.29, 0.717) is 13.2 Å². The highest BCUT2D eigenvalue weighted by atomic mass is 79.9. The zero-order valence-corrected chi connectivity index (χ0v) is 24.0. The van der Waals surface area contributed by atoms with Crippen molar-refractivity contribution in [3.05, 3.63) is 81.0 Å². The third-order valence-electron chi connectivity index (χ3n) is 6.83. The first-order valence-corrected chi connectivity index (χ1v) is 15.1. The van der Waals surface area contributed by atoms with Gasteiger partial charge in [0.1, 0.15) is 13.2 Å². The van der Waals surface area contributed by atoms with Crippen LogP contribution in [0.1, 0.15) is 37.8 Å². The van der Waals surface area contributed by atoms with Crippen molar-refractivity contribution in [3.63, 3.8) is 0 Å². The van der Waals surface area contributed by atoms with Gasteiger partial charge in [0.2, 0.25) is 11.8 Å². The number of thiophene rings is 2. The van der Waals surface area contributed by atoms with Crippen LogP contribution >= 0.6 is 38.6 Å². The number of nitrogens with zero attached hydrogens (tertiary/aromatic N) is 2. The van der Waals surface area contributed by atoms with Crippen LogP contribution in [0, 0.1) is 0 Å². The van der Waals surface area contributed by atoms with Gasteiger partial charge in [0.15, 0.2) is 0 Å². The van der Waals surface area contributed by atoms with Crippen molar-refractivity contribution in [3.8, 4) is 32.0 Å². The average molecular weight is 592 g/mol. The number of rotatable bonds is 7. The number of halogens is 1. The van der Waals surface area contributed by atoms with Crippen molar-refractivity contribution in [1.82, 2.24) is 0 Å². The van der Waals surface area contributed by atoms with Crippen molar-refractivity contribution < 1.29 is 9.47 Å². The van der Waals surface area contributed by atoms with E-state index in [4.69, 9.17) is 9.47 Å². The van der Waals surface area contributed by atoms with E-state index < -0.39 is 0 Å². The fraction of sp³-hybridized carbons (Fsp3) is 0.267. The topological polar surface area (TPSA) is 43.2 Å². The van der Waals surface area contributed by atoms with Crippen molar-refractivity contribution in [1.29, 1.82) is 0 Å². The molecule has 0 spiro atoms. The van der Waals surface area contributed by atoms with Crippen LogP contribution in [0.4, 0.5) is 0 Å². The monoisotopic (exact) mass is 590 g/mol. The Hall–Kier alpha value is -2.74. The van der Waals surface area contributed by atoms with Crippen molar-refractivity contribution in [2.45, 2.75) is 38.8 Å². The van der Waals surface area contributed by atoms with Gasteiger partial charge in [0, 0.05) is 27.1 Å². The summed E-state index contributed by atoms with van der Waals surface area (Å²) in [5, 5.41) is 2.17. The maximum absolute atomic E-state index is 5.81. The van der Waals surface area contributed by atoms with Gasteiger partial charge in [-0.1, -0.05) is 38.1 Å². The molecule has 0 fully saturated rings. The van der Waals surface area contributed by atoms with Gasteiger partial charge in [-0.15, -0.1) is 22.7 Å². The number of benzene rings is 2. The SMILES string of the molecule is CC[C@@H]1COC(c2ccc(-c3cc(-c4sccc4-c4ccc(C5=N[C@H](CC)CO5)cc4)sc3Br)cc2)=N1. The highest BCUT2D eigenvalue weighted by Crippen LogP contribution is 2.46. The fourth-order valence-electron chi connectivity index (χ4n) is 4.55. The lowest BCUT2D eigenvalue weighted by Crippen LogP contribution is -2.03. The minimum Gasteiger partial charge on any atom is -0.475 e. The lowest BCUT2D eigenvalue weighted by Gasteiger charge is -2.05. The Morgan fingerprint density at radius 3 is 1.78 bits per heavy atom. The van der Waals surface area contributed by atoms with E-state index in [1.54, 1.807) is 22.7 Å². The van der Waals surface area contributed by atoms with Crippen LogP contribution in [0.5, 0.6) is 0 Å². The van der Waals surface area contributed by atoms with E-state index in [1.165, 1.54) is 32.0 Å². The van der Waals surface area contributed by atoms with Crippen LogP contribution in [0.15, 0.2) is 79.8 Å². The van der Waals surface area contributed by atoms with Gasteiger partial charge in [-0.2, -0.15) is 0 Å². The molecule has 188 valence electrons. The van der Waals surface area contributed by atoms with Crippen LogP contribution in [-0.2, 0) is 9.47 Å². The minimum atomic E-state index is 0.276. The summed E-state index contributed by atoms with van der Waals surface area (Å²) in [6.45, 7) is 5.65. The second kappa shape index (κ2) is 10.6. The molecule has 7 heteroatoms. The van der Waals surface area contributed by atoms with E-state index >= 15 is 0 Å². The van der Waals surface area contributed by atoms with Crippen molar-refractivity contribution >= 4 is 50.4 Å². The summed E-state index contributed by atoms with van der Waals surface area (Å²) in [6.07, 6.45) is 2.01. The zero-order chi connectivity index (χ0) is 25.4. The summed E-state index contributed by atoms with van der Waals surface area (Å²) in [5.74, 6) is 1.52. The molecule has 4 nitrogen and oxygen atoms in total. The van der Waals surface area contributed by atoms with Gasteiger partial charge in [-0.3, -0.25) is 0 Å². The molecular weight excluding hydrogens is 564 g/mol. The van der Waals surface area contributed by atoms with Crippen LogP contribution in [0.3, 0.4) is 0 Å². The second-order valence-corrected chi connectivity index (χ2v) is 12.5. The van der Waals surface area contributed by atoms with Crippen molar-refractivity contribution in [2.75, 3.05) is 13.2 Å². The Bertz CT molecular complexity index is 1470. The van der Waals surface area contributed by atoms with E-state index in [-0.39, 0.29) is 12.1 Å². The second-order valence-electron chi connectivity index (χ2n) is 9.23. The van der Waals surface area contributed by atoms with E-state index in [9.17, 15) is 0 Å². The zero-order valence-electron chi connectivity index (χ0n) is 20.7. The molecule has 0 saturated heterocycles. The standard InChI is InChI=1S/C30H27BrN2O2S2/c1-3-22-16-34-29(32-22)20-9-5-18(6-10-20)24-13-14-36-27(24)26-15-25(28(31)37-26)19-7-11-21(12-8-19)30-33-23(4-2)17-35-30/h5-15,22-23H,3-4,16-17H2,1-2H3/t22-,23-/m1/s1. The maximum Gasteiger partial charge on any atom is 0.216 e. The maximum atomic E-state index is 5.81. The number of hydrogen-bond acceptors (Lipinski definition) is 6. The molecule has 2 aromatic heterocycles. The first-order chi connectivity index (χ1) is 18.1. The molecule has 0 radical (unpaired) electrons. The minimum absolute atomic E-state index is 0.276. The first-order valence-electron chi connectivity index (χ1n) is 12.6. The molecule has 0 unspecified atom stereocenters. The Morgan fingerprint density at radius 1 is 0.757 bits per heavy atom. The van der Waals surface area contributed by atoms with Crippen molar-refractivity contribution in [2.24, 2.45) is 9.98 Å². The molecular formula is C30H27BrN2O2S2. The third kappa shape index (κ3) is 4.92. The predicted octanol–water partition coefficient (Wildman–Crippen LogP) is 8.68. The molecule has 2 atom stereocenters. The molecule has 2 aromatic carbocycles. The molecule has 2 aliphatic rings. The molecule has 0 bridgehead atoms. The predicted molar refractivity (Wildman–Crippen MR) is 159 cm³/mol. The molecule has 37 heavy (non-hydrogen) atoms. The van der Waals surface area contributed by atoms with Gasteiger partial charge in [-0.25, -0.2) is 9.98 Å². The fourth-order valence-corrected chi connectivity index (χ4v) is 7.38. The number of hydrogen-bond donors (Lipinski definition) is 0. The summed E-state index contributed by atoms with van der Waals surface area (Å²) in [5.41, 5.74) is 6.89. The van der Waals surface area contributed by atoms with Gasteiger partial charge < -0.3 is 9.47 Å². The highest BCUT2D eigenvalue weighted by Gasteiger charge is 2.21. The Labute approximate surface area is 233 Å². The van der Waals surface area contributed by atoms with E-state index in [1.807, 2.05) is 0 Å². The highest BCUT2D eigenvalue weighted by molar-refractivity contribution is 9.11. The molecule has 2 aliphatic heterocycles. The molecule has 0 amide bonds. The number of ether oxygens (including phenoxy) is 2. The largest absolute Gasteiger partial charge is 0.475 e. The molecule has 0 N–H and O–H groups in total. The molecule has 6 rings (SSSR count). The van der Waals surface area contributed by atoms with Crippen LogP contribution < -0.4 is 0 Å². The smallest absolute Gasteiger partial charge is 0.216 e. The lowest BCUT2D eigenvalue weighted by atomic mass is 10.0. The van der Waals surface area contributed by atoms with Crippen LogP contribution in [-0.4, -0.2) is 37.1 Å². The summed E-state index contributed by atoms with van der Waals surface area (Å²) < 4.78 is 12.7. The van der Waals surface area contributed by atoms with Crippen LogP contribution in [0.25, 0.3) is 32.0 Å². The molecule has 4 aromatic rings. The van der Waals surface area contributed by atoms with Gasteiger partial charge in [0.25, 0.3) is 0 Å². The summed E-state index contributed by atoms with van der Waals surface area (Å²) in [6, 6.07) is 22.1. The lowest BCUT2D eigenvalue weighted by molar-refractivity contribution is 0.315. The molecule has 4 heterocycles. The first kappa shape index (κ1) is 24.6. The summed E-state index contributed by atoms with van der Waals surface area (Å²) >= 11 is 7.38. The van der Waals surface area contributed by atoms with Gasteiger partial charge >= 0.3 is 0 Å². The summed E-state index contributed by atoms with van der Waals surface area (Å²) in [4.78, 5) is 11.9. The van der Waals surface area contributed by atoms with Gasteiger partial charge in [-0.05, 0) is 81.7 Å². The van der Waals surface area contributed by atoms with E-state index in [0.717, 1.165) is 39.6 Å². The Kier molecular flexibility index (Phi) is 7.02. The van der Waals surface area contributed by atoms with Gasteiger partial charge in [0.05, 0.1) is 20.7 Å². The average Bonchev–Trinajstić information content (AvgIpc) is 3.75. The number of aliphatic imine (C=N–C) groups is 2. The quantitative estimate of drug-likeness (QED) is 0.216. The Morgan fingerprint density at radius 2 is 1.27 bits per heavy atom. The Balaban J connectivity index is 1.25. The molecule has 0 aliphatic carbocycles.